The number of esters is 1. The predicted octanol–water partition coefficient (Wildman–Crippen LogP) is 3.57. The van der Waals surface area contributed by atoms with Crippen molar-refractivity contribution in [3.63, 3.8) is 0 Å². The number of hydrogen-bond acceptors (Lipinski definition) is 4. The highest BCUT2D eigenvalue weighted by Crippen LogP contribution is 2.29. The molecule has 2 rings (SSSR count). The summed E-state index contributed by atoms with van der Waals surface area (Å²) in [6, 6.07) is 6.86. The van der Waals surface area contributed by atoms with Crippen LogP contribution in [0.25, 0.3) is 0 Å². The average Bonchev–Trinajstić information content (AvgIpc) is 2.59. The van der Waals surface area contributed by atoms with E-state index in [1.807, 2.05) is 0 Å². The molecule has 5 heteroatoms. The topological polar surface area (TPSA) is 64.6 Å². The van der Waals surface area contributed by atoms with Gasteiger partial charge < -0.3 is 14.8 Å². The Morgan fingerprint density at radius 2 is 1.88 bits per heavy atom. The van der Waals surface area contributed by atoms with Gasteiger partial charge in [0.15, 0.2) is 6.10 Å². The molecule has 0 saturated heterocycles. The van der Waals surface area contributed by atoms with Gasteiger partial charge in [-0.2, -0.15) is 0 Å². The fourth-order valence-corrected chi connectivity index (χ4v) is 3.23. The zero-order valence-electron chi connectivity index (χ0n) is 15.6. The lowest BCUT2D eigenvalue weighted by Gasteiger charge is -2.35. The molecule has 1 aliphatic rings. The molecule has 1 saturated carbocycles. The minimum Gasteiger partial charge on any atom is -0.481 e. The maximum Gasteiger partial charge on any atom is 0.338 e. The lowest BCUT2D eigenvalue weighted by atomic mass is 9.78. The number of benzene rings is 1. The fraction of sp³-hybridized carbons (Fsp3) is 0.600. The normalized spacial score (nSPS) is 24.2. The van der Waals surface area contributed by atoms with Crippen LogP contribution >= 0.6 is 0 Å². The summed E-state index contributed by atoms with van der Waals surface area (Å²) in [4.78, 5) is 24.1. The number of hydrogen-bond donors (Lipinski definition) is 1. The van der Waals surface area contributed by atoms with E-state index < -0.39 is 6.10 Å². The molecular formula is C20H29NO4. The fourth-order valence-electron chi connectivity index (χ4n) is 3.23. The SMILES string of the molecule is CCOC(=O)c1ccc(OC(C)C(=O)NC2CCCC(C)C2C)cc1. The van der Waals surface area contributed by atoms with Gasteiger partial charge in [-0.1, -0.05) is 26.7 Å². The Bertz CT molecular complexity index is 584. The molecule has 1 aromatic rings. The van der Waals surface area contributed by atoms with Crippen LogP contribution in [0.3, 0.4) is 0 Å². The van der Waals surface area contributed by atoms with Crippen LogP contribution in [-0.2, 0) is 9.53 Å². The molecule has 0 radical (unpaired) electrons. The molecule has 1 N–H and O–H groups in total. The lowest BCUT2D eigenvalue weighted by molar-refractivity contribution is -0.128. The van der Waals surface area contributed by atoms with Crippen LogP contribution in [0.2, 0.25) is 0 Å². The minimum absolute atomic E-state index is 0.0968. The Balaban J connectivity index is 1.89. The molecule has 0 aromatic heterocycles. The molecular weight excluding hydrogens is 318 g/mol. The minimum atomic E-state index is -0.585. The molecule has 4 unspecified atom stereocenters. The largest absolute Gasteiger partial charge is 0.481 e. The van der Waals surface area contributed by atoms with Crippen molar-refractivity contribution in [2.45, 2.75) is 59.1 Å². The van der Waals surface area contributed by atoms with Crippen molar-refractivity contribution >= 4 is 11.9 Å². The van der Waals surface area contributed by atoms with E-state index >= 15 is 0 Å². The van der Waals surface area contributed by atoms with Crippen LogP contribution < -0.4 is 10.1 Å². The number of carbonyl (C=O) groups excluding carboxylic acids is 2. The maximum absolute atomic E-state index is 12.4. The van der Waals surface area contributed by atoms with Gasteiger partial charge in [-0.15, -0.1) is 0 Å². The zero-order valence-corrected chi connectivity index (χ0v) is 15.6. The molecule has 0 spiro atoms. The number of rotatable bonds is 6. The summed E-state index contributed by atoms with van der Waals surface area (Å²) in [5.74, 6) is 1.21. The highest BCUT2D eigenvalue weighted by atomic mass is 16.5. The quantitative estimate of drug-likeness (QED) is 0.799. The highest BCUT2D eigenvalue weighted by molar-refractivity contribution is 5.89. The third-order valence-electron chi connectivity index (χ3n) is 5.08. The van der Waals surface area contributed by atoms with Gasteiger partial charge in [-0.05, 0) is 56.4 Å². The molecule has 1 aromatic carbocycles. The predicted molar refractivity (Wildman–Crippen MR) is 96.6 cm³/mol. The number of carbonyl (C=O) groups is 2. The van der Waals surface area contributed by atoms with Gasteiger partial charge in [0.1, 0.15) is 5.75 Å². The molecule has 0 bridgehead atoms. The molecule has 0 heterocycles. The van der Waals surface area contributed by atoms with E-state index in [4.69, 9.17) is 9.47 Å². The standard InChI is InChI=1S/C20H29NO4/c1-5-24-20(23)16-9-11-17(12-10-16)25-15(4)19(22)21-18-8-6-7-13(2)14(18)3/h9-15,18H,5-8H2,1-4H3,(H,21,22). The summed E-state index contributed by atoms with van der Waals surface area (Å²) in [5, 5.41) is 3.13. The second kappa shape index (κ2) is 8.88. The van der Waals surface area contributed by atoms with E-state index in [2.05, 4.69) is 19.2 Å². The molecule has 4 atom stereocenters. The van der Waals surface area contributed by atoms with Crippen molar-refractivity contribution in [2.24, 2.45) is 11.8 Å². The third kappa shape index (κ3) is 5.21. The summed E-state index contributed by atoms with van der Waals surface area (Å²) in [5.41, 5.74) is 0.469. The summed E-state index contributed by atoms with van der Waals surface area (Å²) in [6.45, 7) is 8.30. The Morgan fingerprint density at radius 3 is 2.52 bits per heavy atom. The first-order chi connectivity index (χ1) is 11.9. The summed E-state index contributed by atoms with van der Waals surface area (Å²) < 4.78 is 10.7. The molecule has 1 aliphatic carbocycles. The number of amides is 1. The molecule has 0 aliphatic heterocycles. The third-order valence-corrected chi connectivity index (χ3v) is 5.08. The van der Waals surface area contributed by atoms with Gasteiger partial charge in [0.25, 0.3) is 5.91 Å². The van der Waals surface area contributed by atoms with Crippen molar-refractivity contribution in [1.29, 1.82) is 0 Å². The van der Waals surface area contributed by atoms with Gasteiger partial charge in [0.05, 0.1) is 12.2 Å². The molecule has 1 amide bonds. The van der Waals surface area contributed by atoms with Crippen molar-refractivity contribution in [3.05, 3.63) is 29.8 Å². The first kappa shape index (κ1) is 19.3. The van der Waals surface area contributed by atoms with Gasteiger partial charge in [-0.3, -0.25) is 4.79 Å². The average molecular weight is 347 g/mol. The smallest absolute Gasteiger partial charge is 0.338 e. The van der Waals surface area contributed by atoms with Crippen molar-refractivity contribution in [2.75, 3.05) is 6.61 Å². The van der Waals surface area contributed by atoms with Gasteiger partial charge >= 0.3 is 5.97 Å². The Labute approximate surface area is 150 Å². The Morgan fingerprint density at radius 1 is 1.20 bits per heavy atom. The van der Waals surface area contributed by atoms with E-state index in [-0.39, 0.29) is 17.9 Å². The van der Waals surface area contributed by atoms with Crippen LogP contribution in [0.4, 0.5) is 0 Å². The zero-order chi connectivity index (χ0) is 18.4. The Hall–Kier alpha value is -2.04. The summed E-state index contributed by atoms with van der Waals surface area (Å²) >= 11 is 0. The van der Waals surface area contributed by atoms with E-state index in [9.17, 15) is 9.59 Å². The lowest BCUT2D eigenvalue weighted by Crippen LogP contribution is -2.48. The number of nitrogens with one attached hydrogen (secondary N) is 1. The van der Waals surface area contributed by atoms with E-state index in [0.29, 0.717) is 29.8 Å². The van der Waals surface area contributed by atoms with Crippen LogP contribution in [0.5, 0.6) is 5.75 Å². The van der Waals surface area contributed by atoms with Gasteiger partial charge in [0, 0.05) is 6.04 Å². The van der Waals surface area contributed by atoms with Crippen molar-refractivity contribution < 1.29 is 19.1 Å². The van der Waals surface area contributed by atoms with Crippen LogP contribution in [0.15, 0.2) is 24.3 Å². The van der Waals surface area contributed by atoms with E-state index in [1.165, 1.54) is 6.42 Å². The molecule has 5 nitrogen and oxygen atoms in total. The maximum atomic E-state index is 12.4. The molecule has 1 fully saturated rings. The molecule has 138 valence electrons. The van der Waals surface area contributed by atoms with Crippen LogP contribution in [0.1, 0.15) is 57.3 Å². The Kier molecular flexibility index (Phi) is 6.85. The van der Waals surface area contributed by atoms with Crippen LogP contribution in [-0.4, -0.2) is 30.6 Å². The van der Waals surface area contributed by atoms with Crippen molar-refractivity contribution in [1.82, 2.24) is 5.32 Å². The van der Waals surface area contributed by atoms with Gasteiger partial charge in [0.2, 0.25) is 0 Å². The first-order valence-electron chi connectivity index (χ1n) is 9.16. The van der Waals surface area contributed by atoms with E-state index in [0.717, 1.165) is 12.8 Å². The second-order valence-corrected chi connectivity index (χ2v) is 6.89. The molecule has 25 heavy (non-hydrogen) atoms. The van der Waals surface area contributed by atoms with Crippen LogP contribution in [0, 0.1) is 11.8 Å². The second-order valence-electron chi connectivity index (χ2n) is 6.89. The summed E-state index contributed by atoms with van der Waals surface area (Å²) in [6.07, 6.45) is 2.82. The monoisotopic (exact) mass is 347 g/mol. The van der Waals surface area contributed by atoms with Gasteiger partial charge in [-0.25, -0.2) is 4.79 Å². The first-order valence-corrected chi connectivity index (χ1v) is 9.16. The van der Waals surface area contributed by atoms with Crippen molar-refractivity contribution in [3.8, 4) is 5.75 Å². The summed E-state index contributed by atoms with van der Waals surface area (Å²) in [7, 11) is 0. The highest BCUT2D eigenvalue weighted by Gasteiger charge is 2.29. The van der Waals surface area contributed by atoms with E-state index in [1.54, 1.807) is 38.1 Å². The number of ether oxygens (including phenoxy) is 2.